The van der Waals surface area contributed by atoms with Crippen molar-refractivity contribution in [1.82, 2.24) is 10.3 Å². The van der Waals surface area contributed by atoms with Gasteiger partial charge in [-0.25, -0.2) is 5.43 Å². The highest BCUT2D eigenvalue weighted by molar-refractivity contribution is 5.83. The van der Waals surface area contributed by atoms with E-state index in [9.17, 15) is 9.90 Å². The van der Waals surface area contributed by atoms with Crippen molar-refractivity contribution in [1.29, 1.82) is 0 Å². The van der Waals surface area contributed by atoms with Crippen LogP contribution in [0.5, 0.6) is 11.5 Å². The minimum atomic E-state index is -0.165. The number of hydrazone groups is 1. The lowest BCUT2D eigenvalue weighted by Gasteiger charge is -2.25. The molecule has 1 aromatic carbocycles. The van der Waals surface area contributed by atoms with E-state index in [2.05, 4.69) is 10.5 Å². The van der Waals surface area contributed by atoms with Crippen LogP contribution in [0.25, 0.3) is 0 Å². The first-order valence-electron chi connectivity index (χ1n) is 7.27. The molecule has 1 aliphatic heterocycles. The third kappa shape index (κ3) is 5.01. The van der Waals surface area contributed by atoms with Crippen LogP contribution < -0.4 is 10.2 Å². The predicted molar refractivity (Wildman–Crippen MR) is 82.3 cm³/mol. The smallest absolute Gasteiger partial charge is 0.254 e. The molecule has 22 heavy (non-hydrogen) atoms. The number of nitrogens with one attached hydrogen (secondary N) is 1. The number of hydrogen-bond acceptors (Lipinski definition) is 6. The first kappa shape index (κ1) is 16.3. The molecule has 2 N–H and O–H groups in total. The second kappa shape index (κ2) is 8.35. The zero-order valence-corrected chi connectivity index (χ0v) is 12.6. The Bertz CT molecular complexity index is 528. The summed E-state index contributed by atoms with van der Waals surface area (Å²) in [7, 11) is 0. The van der Waals surface area contributed by atoms with Gasteiger partial charge in [0.25, 0.3) is 5.91 Å². The Kier molecular flexibility index (Phi) is 6.17. The van der Waals surface area contributed by atoms with Gasteiger partial charge < -0.3 is 14.6 Å². The van der Waals surface area contributed by atoms with E-state index < -0.39 is 0 Å². The molecule has 0 aliphatic carbocycles. The minimum absolute atomic E-state index is 0.0790. The van der Waals surface area contributed by atoms with E-state index in [1.807, 2.05) is 11.8 Å². The molecule has 0 atom stereocenters. The maximum Gasteiger partial charge on any atom is 0.254 e. The Hall–Kier alpha value is -2.12. The van der Waals surface area contributed by atoms with Crippen LogP contribution in [0.4, 0.5) is 0 Å². The number of carbonyl (C=O) groups is 1. The number of phenolic OH excluding ortho intramolecular Hbond substituents is 1. The molecule has 0 radical (unpaired) electrons. The summed E-state index contributed by atoms with van der Waals surface area (Å²) in [6, 6.07) is 4.88. The van der Waals surface area contributed by atoms with Gasteiger partial charge in [0.1, 0.15) is 0 Å². The molecule has 1 amide bonds. The van der Waals surface area contributed by atoms with Crippen LogP contribution in [0, 0.1) is 0 Å². The van der Waals surface area contributed by atoms with Gasteiger partial charge in [-0.15, -0.1) is 0 Å². The second-order valence-electron chi connectivity index (χ2n) is 4.84. The van der Waals surface area contributed by atoms with E-state index in [4.69, 9.17) is 9.47 Å². The molecule has 0 saturated carbocycles. The van der Waals surface area contributed by atoms with Crippen LogP contribution in [-0.2, 0) is 9.53 Å². The fraction of sp³-hybridized carbons (Fsp3) is 0.467. The monoisotopic (exact) mass is 307 g/mol. The Labute approximate surface area is 129 Å². The van der Waals surface area contributed by atoms with Gasteiger partial charge in [-0.3, -0.25) is 9.69 Å². The first-order valence-corrected chi connectivity index (χ1v) is 7.27. The molecule has 1 aromatic rings. The molecule has 1 fully saturated rings. The number of rotatable bonds is 6. The van der Waals surface area contributed by atoms with E-state index in [0.29, 0.717) is 32.1 Å². The van der Waals surface area contributed by atoms with Crippen molar-refractivity contribution < 1.29 is 19.4 Å². The highest BCUT2D eigenvalue weighted by Gasteiger charge is 2.13. The van der Waals surface area contributed by atoms with Crippen LogP contribution in [-0.4, -0.2) is 61.6 Å². The summed E-state index contributed by atoms with van der Waals surface area (Å²) in [6.45, 7) is 5.44. The second-order valence-corrected chi connectivity index (χ2v) is 4.84. The number of aromatic hydroxyl groups is 1. The van der Waals surface area contributed by atoms with E-state index in [0.717, 1.165) is 18.7 Å². The number of ether oxygens (including phenoxy) is 2. The van der Waals surface area contributed by atoms with Crippen molar-refractivity contribution >= 4 is 12.1 Å². The van der Waals surface area contributed by atoms with Crippen LogP contribution >= 0.6 is 0 Å². The molecule has 120 valence electrons. The molecular weight excluding hydrogens is 286 g/mol. The van der Waals surface area contributed by atoms with Crippen LogP contribution in [0.15, 0.2) is 23.3 Å². The lowest BCUT2D eigenvalue weighted by molar-refractivity contribution is -0.123. The van der Waals surface area contributed by atoms with Gasteiger partial charge in [0.05, 0.1) is 32.6 Å². The summed E-state index contributed by atoms with van der Waals surface area (Å²) in [5.41, 5.74) is 3.22. The molecule has 0 spiro atoms. The van der Waals surface area contributed by atoms with Crippen LogP contribution in [0.2, 0.25) is 0 Å². The third-order valence-electron chi connectivity index (χ3n) is 3.16. The lowest BCUT2D eigenvalue weighted by Crippen LogP contribution is -2.42. The summed E-state index contributed by atoms with van der Waals surface area (Å²) in [6.07, 6.45) is 1.51. The van der Waals surface area contributed by atoms with Crippen molar-refractivity contribution in [2.75, 3.05) is 39.5 Å². The van der Waals surface area contributed by atoms with Gasteiger partial charge in [0.2, 0.25) is 0 Å². The summed E-state index contributed by atoms with van der Waals surface area (Å²) in [4.78, 5) is 13.8. The fourth-order valence-corrected chi connectivity index (χ4v) is 2.06. The topological polar surface area (TPSA) is 83.4 Å². The summed E-state index contributed by atoms with van der Waals surface area (Å²) in [5, 5.41) is 13.5. The van der Waals surface area contributed by atoms with Crippen molar-refractivity contribution in [2.24, 2.45) is 5.10 Å². The molecule has 7 nitrogen and oxygen atoms in total. The van der Waals surface area contributed by atoms with Crippen molar-refractivity contribution in [3.63, 3.8) is 0 Å². The van der Waals surface area contributed by atoms with Gasteiger partial charge in [0, 0.05) is 13.1 Å². The van der Waals surface area contributed by atoms with Gasteiger partial charge in [-0.1, -0.05) is 0 Å². The highest BCUT2D eigenvalue weighted by atomic mass is 16.5. The number of hydrogen-bond donors (Lipinski definition) is 2. The lowest BCUT2D eigenvalue weighted by atomic mass is 10.2. The van der Waals surface area contributed by atoms with Crippen LogP contribution in [0.3, 0.4) is 0 Å². The molecule has 1 saturated heterocycles. The molecule has 2 rings (SSSR count). The molecule has 7 heteroatoms. The quantitative estimate of drug-likeness (QED) is 0.593. The highest BCUT2D eigenvalue weighted by Crippen LogP contribution is 2.26. The molecule has 0 unspecified atom stereocenters. The van der Waals surface area contributed by atoms with Crippen LogP contribution in [0.1, 0.15) is 12.5 Å². The molecule has 0 bridgehead atoms. The maximum absolute atomic E-state index is 11.8. The summed E-state index contributed by atoms with van der Waals surface area (Å²) in [5.74, 6) is 0.309. The average Bonchev–Trinajstić information content (AvgIpc) is 2.51. The van der Waals surface area contributed by atoms with E-state index >= 15 is 0 Å². The fourth-order valence-electron chi connectivity index (χ4n) is 2.06. The molecule has 1 heterocycles. The standard InChI is InChI=1S/C15H21N3O4/c1-2-22-14-9-12(3-4-13(14)19)10-16-17-15(20)11-18-5-7-21-8-6-18/h3-4,9-10,19H,2,5-8,11H2,1H3,(H,17,20)/b16-10-. The third-order valence-corrected chi connectivity index (χ3v) is 3.16. The van der Waals surface area contributed by atoms with E-state index in [1.54, 1.807) is 12.1 Å². The average molecular weight is 307 g/mol. The Morgan fingerprint density at radius 1 is 1.50 bits per heavy atom. The number of phenols is 1. The Morgan fingerprint density at radius 2 is 2.27 bits per heavy atom. The Balaban J connectivity index is 1.83. The minimum Gasteiger partial charge on any atom is -0.504 e. The summed E-state index contributed by atoms with van der Waals surface area (Å²) < 4.78 is 10.5. The number of carbonyl (C=O) groups excluding carboxylic acids is 1. The first-order chi connectivity index (χ1) is 10.7. The number of benzene rings is 1. The van der Waals surface area contributed by atoms with Crippen molar-refractivity contribution in [2.45, 2.75) is 6.92 Å². The number of nitrogens with zero attached hydrogens (tertiary/aromatic N) is 2. The maximum atomic E-state index is 11.8. The zero-order valence-electron chi connectivity index (χ0n) is 12.6. The van der Waals surface area contributed by atoms with Crippen molar-refractivity contribution in [3.8, 4) is 11.5 Å². The van der Waals surface area contributed by atoms with Gasteiger partial charge >= 0.3 is 0 Å². The Morgan fingerprint density at radius 3 is 3.00 bits per heavy atom. The molecule has 0 aromatic heterocycles. The van der Waals surface area contributed by atoms with Gasteiger partial charge in [-0.2, -0.15) is 5.10 Å². The zero-order chi connectivity index (χ0) is 15.8. The molecular formula is C15H21N3O4. The molecule has 1 aliphatic rings. The predicted octanol–water partition coefficient (Wildman–Crippen LogP) is 0.573. The van der Waals surface area contributed by atoms with E-state index in [1.165, 1.54) is 12.3 Å². The largest absolute Gasteiger partial charge is 0.504 e. The van der Waals surface area contributed by atoms with Gasteiger partial charge in [0.15, 0.2) is 11.5 Å². The number of morpholine rings is 1. The van der Waals surface area contributed by atoms with E-state index in [-0.39, 0.29) is 11.7 Å². The van der Waals surface area contributed by atoms with Gasteiger partial charge in [-0.05, 0) is 30.7 Å². The summed E-state index contributed by atoms with van der Waals surface area (Å²) >= 11 is 0. The normalized spacial score (nSPS) is 15.9. The number of amides is 1. The van der Waals surface area contributed by atoms with Crippen molar-refractivity contribution in [3.05, 3.63) is 23.8 Å². The SMILES string of the molecule is CCOc1cc(/C=N\NC(=O)CN2CCOCC2)ccc1O.